The zero-order valence-electron chi connectivity index (χ0n) is 15.8. The summed E-state index contributed by atoms with van der Waals surface area (Å²) < 4.78 is 10.2. The molecule has 0 N–H and O–H groups in total. The number of nitrogens with zero attached hydrogens (tertiary/aromatic N) is 1. The molecule has 2 aromatic rings. The predicted molar refractivity (Wildman–Crippen MR) is 104 cm³/mol. The van der Waals surface area contributed by atoms with Crippen molar-refractivity contribution in [2.45, 2.75) is 19.4 Å². The topological polar surface area (TPSA) is 72.9 Å². The number of hydrogen-bond donors (Lipinski definition) is 0. The van der Waals surface area contributed by atoms with Crippen molar-refractivity contribution >= 4 is 23.7 Å². The first-order chi connectivity index (χ1) is 13.5. The fraction of sp³-hybridized carbons (Fsp3) is 0.227. The summed E-state index contributed by atoms with van der Waals surface area (Å²) in [4.78, 5) is 38.1. The molecule has 0 saturated carbocycles. The third-order valence-electron chi connectivity index (χ3n) is 4.61. The van der Waals surface area contributed by atoms with Gasteiger partial charge in [-0.3, -0.25) is 14.4 Å². The number of esters is 1. The van der Waals surface area contributed by atoms with Crippen molar-refractivity contribution in [3.05, 3.63) is 71.4 Å². The zero-order chi connectivity index (χ0) is 20.1. The van der Waals surface area contributed by atoms with Gasteiger partial charge in [0.2, 0.25) is 5.91 Å². The molecule has 6 nitrogen and oxygen atoms in total. The van der Waals surface area contributed by atoms with Gasteiger partial charge in [-0.15, -0.1) is 0 Å². The molecule has 0 spiro atoms. The van der Waals surface area contributed by atoms with Gasteiger partial charge in [0.25, 0.3) is 0 Å². The van der Waals surface area contributed by atoms with Crippen molar-refractivity contribution in [3.63, 3.8) is 0 Å². The molecule has 0 fully saturated rings. The Labute approximate surface area is 163 Å². The largest absolute Gasteiger partial charge is 0.497 e. The predicted octanol–water partition coefficient (Wildman–Crippen LogP) is 3.39. The van der Waals surface area contributed by atoms with Crippen LogP contribution in [-0.4, -0.2) is 36.3 Å². The maximum Gasteiger partial charge on any atom is 0.308 e. The third-order valence-corrected chi connectivity index (χ3v) is 4.61. The summed E-state index contributed by atoms with van der Waals surface area (Å²) in [7, 11) is 1.54. The first-order valence-electron chi connectivity index (χ1n) is 8.88. The normalized spacial score (nSPS) is 14.9. The molecular formula is C22H21NO5. The van der Waals surface area contributed by atoms with Crippen LogP contribution in [0, 0.1) is 0 Å². The summed E-state index contributed by atoms with van der Waals surface area (Å²) in [6.45, 7) is 1.10. The molecule has 1 aliphatic rings. The maximum absolute atomic E-state index is 12.4. The minimum absolute atomic E-state index is 0.0309. The van der Waals surface area contributed by atoms with Gasteiger partial charge in [0.1, 0.15) is 5.75 Å². The number of ketones is 1. The fourth-order valence-electron chi connectivity index (χ4n) is 3.14. The number of benzene rings is 2. The Morgan fingerprint density at radius 2 is 1.75 bits per heavy atom. The molecule has 0 radical (unpaired) electrons. The number of carbonyl (C=O) groups excluding carboxylic acids is 3. The van der Waals surface area contributed by atoms with E-state index >= 15 is 0 Å². The van der Waals surface area contributed by atoms with Gasteiger partial charge in [-0.25, -0.2) is 0 Å². The minimum Gasteiger partial charge on any atom is -0.497 e. The van der Waals surface area contributed by atoms with Crippen LogP contribution in [0.4, 0.5) is 0 Å². The van der Waals surface area contributed by atoms with E-state index in [9.17, 15) is 14.4 Å². The molecule has 28 heavy (non-hydrogen) atoms. The highest BCUT2D eigenvalue weighted by molar-refractivity contribution is 5.98. The molecule has 2 aromatic carbocycles. The van der Waals surface area contributed by atoms with Crippen LogP contribution < -0.4 is 4.74 Å². The Morgan fingerprint density at radius 1 is 1.04 bits per heavy atom. The van der Waals surface area contributed by atoms with Gasteiger partial charge in [0, 0.05) is 18.7 Å². The SMILES string of the molecule is COc1ccc(C(=O)COC(=O)C[C@@H]2c3ccccc3C=CN2C(C)=O)cc1. The third kappa shape index (κ3) is 4.28. The molecule has 0 bridgehead atoms. The second-order valence-electron chi connectivity index (χ2n) is 6.40. The van der Waals surface area contributed by atoms with Crippen molar-refractivity contribution in [2.24, 2.45) is 0 Å². The van der Waals surface area contributed by atoms with E-state index in [0.717, 1.165) is 11.1 Å². The molecule has 0 saturated heterocycles. The number of fused-ring (bicyclic) bond motifs is 1. The van der Waals surface area contributed by atoms with Gasteiger partial charge in [-0.1, -0.05) is 24.3 Å². The number of ether oxygens (including phenoxy) is 2. The smallest absolute Gasteiger partial charge is 0.308 e. The number of amides is 1. The second-order valence-corrected chi connectivity index (χ2v) is 6.40. The number of carbonyl (C=O) groups is 3. The minimum atomic E-state index is -0.539. The summed E-state index contributed by atoms with van der Waals surface area (Å²) in [5.74, 6) is -0.369. The van der Waals surface area contributed by atoms with Crippen LogP contribution in [0.1, 0.15) is 40.9 Å². The zero-order valence-corrected chi connectivity index (χ0v) is 15.8. The van der Waals surface area contributed by atoms with Gasteiger partial charge < -0.3 is 14.4 Å². The number of methoxy groups -OCH3 is 1. The van der Waals surface area contributed by atoms with Crippen LogP contribution in [0.5, 0.6) is 5.75 Å². The Morgan fingerprint density at radius 3 is 2.43 bits per heavy atom. The van der Waals surface area contributed by atoms with Crippen molar-refractivity contribution in [1.29, 1.82) is 0 Å². The van der Waals surface area contributed by atoms with Gasteiger partial charge in [-0.05, 0) is 41.5 Å². The summed E-state index contributed by atoms with van der Waals surface area (Å²) in [6.07, 6.45) is 3.48. The molecular weight excluding hydrogens is 358 g/mol. The Kier molecular flexibility index (Phi) is 5.89. The molecule has 0 aromatic heterocycles. The molecule has 6 heteroatoms. The molecule has 3 rings (SSSR count). The van der Waals surface area contributed by atoms with Crippen molar-refractivity contribution in [1.82, 2.24) is 4.90 Å². The lowest BCUT2D eigenvalue weighted by molar-refractivity contribution is -0.144. The van der Waals surface area contributed by atoms with E-state index < -0.39 is 12.0 Å². The molecule has 1 heterocycles. The van der Waals surface area contributed by atoms with E-state index in [4.69, 9.17) is 9.47 Å². The number of hydrogen-bond acceptors (Lipinski definition) is 5. The summed E-state index contributed by atoms with van der Waals surface area (Å²) in [5, 5.41) is 0. The molecule has 1 amide bonds. The lowest BCUT2D eigenvalue weighted by Gasteiger charge is -2.32. The Hall–Kier alpha value is -3.41. The Balaban J connectivity index is 1.65. The Bertz CT molecular complexity index is 917. The van der Waals surface area contributed by atoms with Crippen LogP contribution in [0.15, 0.2) is 54.7 Å². The average molecular weight is 379 g/mol. The lowest BCUT2D eigenvalue weighted by Crippen LogP contribution is -2.32. The quantitative estimate of drug-likeness (QED) is 0.568. The molecule has 144 valence electrons. The first kappa shape index (κ1) is 19.4. The average Bonchev–Trinajstić information content (AvgIpc) is 2.72. The molecule has 0 aliphatic carbocycles. The molecule has 0 unspecified atom stereocenters. The highest BCUT2D eigenvalue weighted by Gasteiger charge is 2.29. The van der Waals surface area contributed by atoms with Gasteiger partial charge in [-0.2, -0.15) is 0 Å². The maximum atomic E-state index is 12.4. The first-order valence-corrected chi connectivity index (χ1v) is 8.88. The van der Waals surface area contributed by atoms with Crippen LogP contribution in [0.25, 0.3) is 6.08 Å². The van der Waals surface area contributed by atoms with Crippen molar-refractivity contribution in [3.8, 4) is 5.75 Å². The van der Waals surface area contributed by atoms with Crippen LogP contribution in [0.3, 0.4) is 0 Å². The van der Waals surface area contributed by atoms with Crippen molar-refractivity contribution < 1.29 is 23.9 Å². The van der Waals surface area contributed by atoms with Gasteiger partial charge >= 0.3 is 5.97 Å². The summed E-state index contributed by atoms with van der Waals surface area (Å²) in [5.41, 5.74) is 2.26. The van der Waals surface area contributed by atoms with Crippen LogP contribution >= 0.6 is 0 Å². The fourth-order valence-corrected chi connectivity index (χ4v) is 3.14. The van der Waals surface area contributed by atoms with E-state index in [2.05, 4.69) is 0 Å². The number of Topliss-reactive ketones (excluding diaryl/α,β-unsaturated/α-hetero) is 1. The highest BCUT2D eigenvalue weighted by Crippen LogP contribution is 2.33. The van der Waals surface area contributed by atoms with Crippen molar-refractivity contribution in [2.75, 3.05) is 13.7 Å². The van der Waals surface area contributed by atoms with E-state index in [-0.39, 0.29) is 24.7 Å². The monoisotopic (exact) mass is 379 g/mol. The van der Waals surface area contributed by atoms with Gasteiger partial charge in [0.15, 0.2) is 12.4 Å². The van der Waals surface area contributed by atoms with E-state index in [1.54, 1.807) is 37.6 Å². The van der Waals surface area contributed by atoms with E-state index in [1.165, 1.54) is 11.8 Å². The number of rotatable bonds is 6. The molecule has 1 aliphatic heterocycles. The highest BCUT2D eigenvalue weighted by atomic mass is 16.5. The lowest BCUT2D eigenvalue weighted by atomic mass is 9.94. The standard InChI is InChI=1S/C22H21NO5/c1-15(24)23-12-11-16-5-3-4-6-19(16)20(23)13-22(26)28-14-21(25)17-7-9-18(27-2)10-8-17/h3-12,20H,13-14H2,1-2H3/t20-/m1/s1. The van der Waals surface area contributed by atoms with E-state index in [0.29, 0.717) is 11.3 Å². The van der Waals surface area contributed by atoms with Gasteiger partial charge in [0.05, 0.1) is 19.6 Å². The summed E-state index contributed by atoms with van der Waals surface area (Å²) in [6, 6.07) is 13.7. The van der Waals surface area contributed by atoms with E-state index in [1.807, 2.05) is 30.3 Å². The summed E-state index contributed by atoms with van der Waals surface area (Å²) >= 11 is 0. The molecule has 1 atom stereocenters. The van der Waals surface area contributed by atoms with Crippen LogP contribution in [-0.2, 0) is 14.3 Å². The van der Waals surface area contributed by atoms with Crippen LogP contribution in [0.2, 0.25) is 0 Å². The second kappa shape index (κ2) is 8.52.